The van der Waals surface area contributed by atoms with Gasteiger partial charge in [0.05, 0.1) is 4.88 Å². The van der Waals surface area contributed by atoms with E-state index in [4.69, 9.17) is 0 Å². The molecule has 0 atom stereocenters. The highest BCUT2D eigenvalue weighted by molar-refractivity contribution is 7.14. The zero-order valence-corrected chi connectivity index (χ0v) is 18.3. The minimum atomic E-state index is -0.815. The Labute approximate surface area is 173 Å². The Kier molecular flexibility index (Phi) is 7.37. The van der Waals surface area contributed by atoms with Gasteiger partial charge in [-0.25, -0.2) is 4.79 Å². The fraction of sp³-hybridized carbons (Fsp3) is 0.625. The van der Waals surface area contributed by atoms with E-state index in [1.54, 1.807) is 0 Å². The molecular weight excluding hydrogens is 366 g/mol. The van der Waals surface area contributed by atoms with Crippen LogP contribution in [0.3, 0.4) is 0 Å². The zero-order valence-electron chi connectivity index (χ0n) is 17.5. The van der Waals surface area contributed by atoms with Gasteiger partial charge in [-0.05, 0) is 54.9 Å². The Morgan fingerprint density at radius 3 is 2.71 bits per heavy atom. The first kappa shape index (κ1) is 21.1. The number of thiophene rings is 1. The monoisotopic (exact) mass is 399 g/mol. The molecule has 3 nitrogen and oxygen atoms in total. The molecular formula is C24H33NO2S. The summed E-state index contributed by atoms with van der Waals surface area (Å²) in [6, 6.07) is 2.06. The van der Waals surface area contributed by atoms with Crippen LogP contribution < -0.4 is 0 Å². The SMILES string of the molecule is CCN1CCC(c2cc(C#CCC(C)C)sc2C(=O)O)=C(C2CCCCC2)C1. The third-order valence-corrected chi connectivity index (χ3v) is 7.02. The van der Waals surface area contributed by atoms with Gasteiger partial charge in [0.15, 0.2) is 0 Å². The van der Waals surface area contributed by atoms with Crippen LogP contribution in [0, 0.1) is 23.7 Å². The first-order valence-electron chi connectivity index (χ1n) is 10.8. The molecule has 1 aromatic heterocycles. The van der Waals surface area contributed by atoms with Crippen LogP contribution >= 0.6 is 11.3 Å². The maximum atomic E-state index is 12.0. The van der Waals surface area contributed by atoms with E-state index < -0.39 is 5.97 Å². The van der Waals surface area contributed by atoms with E-state index in [1.807, 2.05) is 0 Å². The van der Waals surface area contributed by atoms with Crippen molar-refractivity contribution in [3.63, 3.8) is 0 Å². The summed E-state index contributed by atoms with van der Waals surface area (Å²) in [5, 5.41) is 9.85. The Hall–Kier alpha value is -1.57. The summed E-state index contributed by atoms with van der Waals surface area (Å²) < 4.78 is 0. The Morgan fingerprint density at radius 1 is 1.32 bits per heavy atom. The second-order valence-corrected chi connectivity index (χ2v) is 9.57. The second kappa shape index (κ2) is 9.76. The van der Waals surface area contributed by atoms with Gasteiger partial charge in [-0.2, -0.15) is 0 Å². The highest BCUT2D eigenvalue weighted by atomic mass is 32.1. The van der Waals surface area contributed by atoms with Crippen molar-refractivity contribution in [3.05, 3.63) is 27.0 Å². The van der Waals surface area contributed by atoms with E-state index >= 15 is 0 Å². The van der Waals surface area contributed by atoms with E-state index in [0.29, 0.717) is 16.7 Å². The minimum absolute atomic E-state index is 0.474. The molecule has 0 radical (unpaired) electrons. The Morgan fingerprint density at radius 2 is 2.07 bits per heavy atom. The molecule has 1 N–H and O–H groups in total. The normalized spacial score (nSPS) is 19.0. The molecule has 1 aromatic rings. The van der Waals surface area contributed by atoms with Gasteiger partial charge in [0, 0.05) is 25.1 Å². The van der Waals surface area contributed by atoms with E-state index in [9.17, 15) is 9.90 Å². The number of rotatable bonds is 5. The summed E-state index contributed by atoms with van der Waals surface area (Å²) in [5.41, 5.74) is 3.76. The van der Waals surface area contributed by atoms with Crippen molar-refractivity contribution >= 4 is 22.9 Å². The van der Waals surface area contributed by atoms with Gasteiger partial charge in [0.2, 0.25) is 0 Å². The van der Waals surface area contributed by atoms with Crippen LogP contribution in [0.25, 0.3) is 5.57 Å². The molecule has 0 bridgehead atoms. The third kappa shape index (κ3) is 5.07. The molecule has 28 heavy (non-hydrogen) atoms. The number of carboxylic acid groups (broad SMARTS) is 1. The number of hydrogen-bond donors (Lipinski definition) is 1. The maximum Gasteiger partial charge on any atom is 0.346 e. The standard InChI is InChI=1S/C24H33NO2S/c1-4-25-14-13-20(22(16-25)18-10-6-5-7-11-18)21-15-19(12-8-9-17(2)3)28-23(21)24(26)27/h15,17-18H,4-7,9-11,13-14,16H2,1-3H3,(H,26,27). The number of carboxylic acids is 1. The van der Waals surface area contributed by atoms with Crippen LogP contribution in [0.2, 0.25) is 0 Å². The van der Waals surface area contributed by atoms with Crippen LogP contribution in [-0.4, -0.2) is 35.6 Å². The van der Waals surface area contributed by atoms with Crippen molar-refractivity contribution in [2.24, 2.45) is 11.8 Å². The van der Waals surface area contributed by atoms with Crippen LogP contribution in [0.15, 0.2) is 11.6 Å². The van der Waals surface area contributed by atoms with Gasteiger partial charge in [0.1, 0.15) is 4.88 Å². The fourth-order valence-electron chi connectivity index (χ4n) is 4.43. The lowest BCUT2D eigenvalue weighted by Crippen LogP contribution is -2.34. The highest BCUT2D eigenvalue weighted by Gasteiger charge is 2.29. The molecule has 2 aliphatic rings. The average molecular weight is 400 g/mol. The molecule has 1 fully saturated rings. The summed E-state index contributed by atoms with van der Waals surface area (Å²) in [5.74, 6) is 6.77. The van der Waals surface area contributed by atoms with Gasteiger partial charge in [-0.15, -0.1) is 11.3 Å². The molecule has 1 aliphatic carbocycles. The topological polar surface area (TPSA) is 40.5 Å². The quantitative estimate of drug-likeness (QED) is 0.626. The van der Waals surface area contributed by atoms with Crippen LogP contribution in [0.5, 0.6) is 0 Å². The van der Waals surface area contributed by atoms with Crippen molar-refractivity contribution in [2.45, 2.75) is 65.7 Å². The summed E-state index contributed by atoms with van der Waals surface area (Å²) in [7, 11) is 0. The van der Waals surface area contributed by atoms with Crippen molar-refractivity contribution in [3.8, 4) is 11.8 Å². The molecule has 1 saturated carbocycles. The van der Waals surface area contributed by atoms with E-state index in [2.05, 4.69) is 43.6 Å². The molecule has 0 unspecified atom stereocenters. The third-order valence-electron chi connectivity index (χ3n) is 5.98. The number of aromatic carboxylic acids is 1. The van der Waals surface area contributed by atoms with Gasteiger partial charge in [-0.1, -0.05) is 51.9 Å². The van der Waals surface area contributed by atoms with Crippen LogP contribution in [0.4, 0.5) is 0 Å². The van der Waals surface area contributed by atoms with Gasteiger partial charge in [0.25, 0.3) is 0 Å². The van der Waals surface area contributed by atoms with Crippen molar-refractivity contribution in [1.82, 2.24) is 4.90 Å². The summed E-state index contributed by atoms with van der Waals surface area (Å²) in [6.07, 6.45) is 8.25. The number of likely N-dealkylation sites (N-methyl/N-ethyl adjacent to an activating group) is 1. The molecule has 0 spiro atoms. The average Bonchev–Trinajstić information content (AvgIpc) is 3.12. The second-order valence-electron chi connectivity index (χ2n) is 8.52. The number of nitrogens with zero attached hydrogens (tertiary/aromatic N) is 1. The summed E-state index contributed by atoms with van der Waals surface area (Å²) in [4.78, 5) is 15.9. The fourth-order valence-corrected chi connectivity index (χ4v) is 5.33. The lowest BCUT2D eigenvalue weighted by atomic mass is 9.78. The van der Waals surface area contributed by atoms with Gasteiger partial charge >= 0.3 is 5.97 Å². The number of hydrogen-bond acceptors (Lipinski definition) is 3. The van der Waals surface area contributed by atoms with Crippen LogP contribution in [-0.2, 0) is 0 Å². The molecule has 152 valence electrons. The molecule has 4 heteroatoms. The lowest BCUT2D eigenvalue weighted by molar-refractivity contribution is 0.0702. The summed E-state index contributed by atoms with van der Waals surface area (Å²) in [6.45, 7) is 9.61. The van der Waals surface area contributed by atoms with Gasteiger partial charge < -0.3 is 5.11 Å². The smallest absolute Gasteiger partial charge is 0.346 e. The van der Waals surface area contributed by atoms with Crippen molar-refractivity contribution in [1.29, 1.82) is 0 Å². The van der Waals surface area contributed by atoms with Crippen molar-refractivity contribution in [2.75, 3.05) is 19.6 Å². The minimum Gasteiger partial charge on any atom is -0.477 e. The lowest BCUT2D eigenvalue weighted by Gasteiger charge is -2.35. The first-order valence-corrected chi connectivity index (χ1v) is 11.6. The maximum absolute atomic E-state index is 12.0. The molecule has 3 rings (SSSR count). The zero-order chi connectivity index (χ0) is 20.1. The first-order chi connectivity index (χ1) is 13.5. The predicted molar refractivity (Wildman–Crippen MR) is 118 cm³/mol. The highest BCUT2D eigenvalue weighted by Crippen LogP contribution is 2.40. The largest absolute Gasteiger partial charge is 0.477 e. The van der Waals surface area contributed by atoms with Gasteiger partial charge in [-0.3, -0.25) is 4.90 Å². The molecule has 0 saturated heterocycles. The summed E-state index contributed by atoms with van der Waals surface area (Å²) >= 11 is 1.35. The number of carbonyl (C=O) groups is 1. The molecule has 2 heterocycles. The Bertz CT molecular complexity index is 787. The molecule has 0 amide bonds. The van der Waals surface area contributed by atoms with Crippen molar-refractivity contribution < 1.29 is 9.90 Å². The van der Waals surface area contributed by atoms with Crippen LogP contribution in [0.1, 0.15) is 85.8 Å². The van der Waals surface area contributed by atoms with E-state index in [0.717, 1.165) is 42.9 Å². The van der Waals surface area contributed by atoms with E-state index in [-0.39, 0.29) is 0 Å². The molecule has 0 aromatic carbocycles. The van der Waals surface area contributed by atoms with E-state index in [1.165, 1.54) is 54.6 Å². The predicted octanol–water partition coefficient (Wildman–Crippen LogP) is 5.90. The Balaban J connectivity index is 2.01. The molecule has 1 aliphatic heterocycles.